The van der Waals surface area contributed by atoms with Gasteiger partial charge in [0, 0.05) is 33.2 Å². The molecule has 0 saturated heterocycles. The van der Waals surface area contributed by atoms with Gasteiger partial charge >= 0.3 is 0 Å². The second kappa shape index (κ2) is 15.1. The highest BCUT2D eigenvalue weighted by molar-refractivity contribution is 6.13. The first-order chi connectivity index (χ1) is 28.6. The van der Waals surface area contributed by atoms with E-state index in [4.69, 9.17) is 20.0 Å². The highest BCUT2D eigenvalue weighted by Crippen LogP contribution is 2.45. The molecule has 0 saturated carbocycles. The monoisotopic (exact) mass is 746 g/mol. The number of allylic oxidation sites excluding steroid dienone is 2. The summed E-state index contributed by atoms with van der Waals surface area (Å²) in [5.41, 5.74) is 18.7. The molecule has 0 radical (unpaired) electrons. The van der Waals surface area contributed by atoms with Crippen LogP contribution in [-0.4, -0.2) is 21.5 Å². The molecule has 4 heteroatoms. The number of rotatable bonds is 7. The molecule has 0 aliphatic heterocycles. The molecule has 2 aliphatic carbocycles. The number of nitrogens with zero attached hydrogens (tertiary/aromatic N) is 4. The van der Waals surface area contributed by atoms with Crippen molar-refractivity contribution in [3.05, 3.63) is 204 Å². The molecule has 0 spiro atoms. The normalized spacial score (nSPS) is 14.2. The zero-order valence-corrected chi connectivity index (χ0v) is 32.6. The Morgan fingerprint density at radius 3 is 1.81 bits per heavy atom. The van der Waals surface area contributed by atoms with E-state index >= 15 is 0 Å². The fourth-order valence-corrected chi connectivity index (χ4v) is 8.66. The van der Waals surface area contributed by atoms with E-state index in [1.807, 2.05) is 54.6 Å². The molecule has 10 rings (SSSR count). The van der Waals surface area contributed by atoms with Crippen molar-refractivity contribution in [1.82, 2.24) is 9.97 Å². The summed E-state index contributed by atoms with van der Waals surface area (Å²) in [5.74, 6) is 0.618. The summed E-state index contributed by atoms with van der Waals surface area (Å²) >= 11 is 0. The van der Waals surface area contributed by atoms with E-state index in [9.17, 15) is 0 Å². The van der Waals surface area contributed by atoms with Gasteiger partial charge in [0.2, 0.25) is 0 Å². The number of hydrogen-bond acceptors (Lipinski definition) is 3. The van der Waals surface area contributed by atoms with Gasteiger partial charge < -0.3 is 0 Å². The largest absolute Gasteiger partial charge is 0.245 e. The SMILES string of the molecule is C=C(N=C(N=C(C)c1cc(-c2ccc3ccc4ccc(-c5ccccc5)nc4c3n2)cc(-c2cccc3c2CC2=C3CCCC2)c1)c1ccccc1)c1ccccc1. The van der Waals surface area contributed by atoms with Crippen LogP contribution in [0.1, 0.15) is 60.4 Å². The Kier molecular flexibility index (Phi) is 9.23. The van der Waals surface area contributed by atoms with Gasteiger partial charge in [-0.3, -0.25) is 0 Å². The lowest BCUT2D eigenvalue weighted by Crippen LogP contribution is -2.05. The molecule has 2 aromatic heterocycles. The van der Waals surface area contributed by atoms with Crippen LogP contribution in [-0.2, 0) is 6.42 Å². The molecule has 0 atom stereocenters. The Labute approximate surface area is 339 Å². The summed E-state index contributed by atoms with van der Waals surface area (Å²) in [4.78, 5) is 20.9. The van der Waals surface area contributed by atoms with Crippen molar-refractivity contribution in [3.8, 4) is 33.6 Å². The molecule has 2 heterocycles. The van der Waals surface area contributed by atoms with Crippen LogP contribution in [0.15, 0.2) is 186 Å². The maximum Gasteiger partial charge on any atom is 0.160 e. The highest BCUT2D eigenvalue weighted by atomic mass is 14.9. The number of aliphatic imine (C=N–C) groups is 2. The van der Waals surface area contributed by atoms with Crippen LogP contribution in [0, 0.1) is 0 Å². The lowest BCUT2D eigenvalue weighted by atomic mass is 9.90. The molecule has 0 fully saturated rings. The third kappa shape index (κ3) is 6.77. The molecule has 4 nitrogen and oxygen atoms in total. The van der Waals surface area contributed by atoms with Crippen molar-refractivity contribution >= 4 is 44.6 Å². The van der Waals surface area contributed by atoms with E-state index in [0.717, 1.165) is 78.7 Å². The van der Waals surface area contributed by atoms with E-state index in [1.54, 1.807) is 11.1 Å². The third-order valence-corrected chi connectivity index (χ3v) is 11.7. The number of hydrogen-bond donors (Lipinski definition) is 0. The first-order valence-electron chi connectivity index (χ1n) is 20.2. The minimum Gasteiger partial charge on any atom is -0.245 e. The topological polar surface area (TPSA) is 50.5 Å². The molecular formula is C54H42N4. The smallest absolute Gasteiger partial charge is 0.160 e. The highest BCUT2D eigenvalue weighted by Gasteiger charge is 2.26. The van der Waals surface area contributed by atoms with Crippen LogP contribution in [0.5, 0.6) is 0 Å². The van der Waals surface area contributed by atoms with Crippen LogP contribution in [0.3, 0.4) is 0 Å². The summed E-state index contributed by atoms with van der Waals surface area (Å²) < 4.78 is 0. The minimum absolute atomic E-state index is 0.618. The van der Waals surface area contributed by atoms with E-state index in [0.29, 0.717) is 11.5 Å². The Hall–Kier alpha value is -7.04. The van der Waals surface area contributed by atoms with E-state index in [2.05, 4.69) is 123 Å². The molecule has 0 unspecified atom stereocenters. The van der Waals surface area contributed by atoms with Crippen molar-refractivity contribution in [1.29, 1.82) is 0 Å². The van der Waals surface area contributed by atoms with Crippen molar-refractivity contribution < 1.29 is 0 Å². The van der Waals surface area contributed by atoms with Gasteiger partial charge in [-0.15, -0.1) is 0 Å². The molecule has 2 aliphatic rings. The van der Waals surface area contributed by atoms with Crippen molar-refractivity contribution in [3.63, 3.8) is 0 Å². The summed E-state index contributed by atoms with van der Waals surface area (Å²) in [6, 6.07) is 57.2. The van der Waals surface area contributed by atoms with Gasteiger partial charge in [0.25, 0.3) is 0 Å². The van der Waals surface area contributed by atoms with E-state index in [1.165, 1.54) is 42.4 Å². The summed E-state index contributed by atoms with van der Waals surface area (Å²) in [5, 5.41) is 2.12. The average molecular weight is 747 g/mol. The quantitative estimate of drug-likeness (QED) is 0.0926. The Bertz CT molecular complexity index is 2980. The Morgan fingerprint density at radius 1 is 0.517 bits per heavy atom. The molecule has 0 N–H and O–H groups in total. The fourth-order valence-electron chi connectivity index (χ4n) is 8.66. The zero-order valence-electron chi connectivity index (χ0n) is 32.6. The lowest BCUT2D eigenvalue weighted by Gasteiger charge is -2.15. The minimum atomic E-state index is 0.618. The van der Waals surface area contributed by atoms with Gasteiger partial charge in [0.05, 0.1) is 28.1 Å². The molecule has 58 heavy (non-hydrogen) atoms. The number of aromatic nitrogens is 2. The molecule has 278 valence electrons. The van der Waals surface area contributed by atoms with Gasteiger partial charge in [-0.05, 0) is 108 Å². The first-order valence-corrected chi connectivity index (χ1v) is 20.2. The summed E-state index contributed by atoms with van der Waals surface area (Å²) in [6.45, 7) is 6.42. The standard InChI is InChI=1S/C54H42N4/c1-35(37-15-6-3-7-16-37)55-54(41-19-10-5-11-20-41)56-36(2)43-31-44(47-23-14-24-48-46-22-13-12-21-42(46)34-49(47)48)33-45(32-43)51-30-28-40-26-25-39-27-29-50(38-17-8-4-9-18-38)57-52(39)53(40)58-51/h3-11,14-20,23-33H,1,12-13,21-22,34H2,2H3. The molecule has 0 amide bonds. The second-order valence-corrected chi connectivity index (χ2v) is 15.4. The number of benzene rings is 6. The van der Waals surface area contributed by atoms with Crippen LogP contribution in [0.4, 0.5) is 0 Å². The van der Waals surface area contributed by atoms with Gasteiger partial charge in [0.1, 0.15) is 0 Å². The summed E-state index contributed by atoms with van der Waals surface area (Å²) in [7, 11) is 0. The van der Waals surface area contributed by atoms with E-state index in [-0.39, 0.29) is 0 Å². The predicted molar refractivity (Wildman–Crippen MR) is 243 cm³/mol. The summed E-state index contributed by atoms with van der Waals surface area (Å²) in [6.07, 6.45) is 5.95. The van der Waals surface area contributed by atoms with Crippen LogP contribution >= 0.6 is 0 Å². The maximum atomic E-state index is 5.41. The first kappa shape index (κ1) is 35.4. The number of fused-ring (bicyclic) bond motifs is 5. The molecule has 6 aromatic carbocycles. The number of pyridine rings is 2. The maximum absolute atomic E-state index is 5.41. The lowest BCUT2D eigenvalue weighted by molar-refractivity contribution is 0.711. The van der Waals surface area contributed by atoms with Gasteiger partial charge in [-0.2, -0.15) is 0 Å². The van der Waals surface area contributed by atoms with Gasteiger partial charge in [-0.1, -0.05) is 146 Å². The molecule has 8 aromatic rings. The third-order valence-electron chi connectivity index (χ3n) is 11.7. The fraction of sp³-hybridized carbons (Fsp3) is 0.111. The van der Waals surface area contributed by atoms with Crippen LogP contribution in [0.25, 0.3) is 66.7 Å². The van der Waals surface area contributed by atoms with Crippen molar-refractivity contribution in [2.75, 3.05) is 0 Å². The number of amidine groups is 1. The van der Waals surface area contributed by atoms with Crippen molar-refractivity contribution in [2.45, 2.75) is 39.0 Å². The second-order valence-electron chi connectivity index (χ2n) is 15.4. The predicted octanol–water partition coefficient (Wildman–Crippen LogP) is 13.6. The molecular weight excluding hydrogens is 705 g/mol. The Morgan fingerprint density at radius 2 is 1.10 bits per heavy atom. The van der Waals surface area contributed by atoms with Gasteiger partial charge in [0.15, 0.2) is 5.84 Å². The zero-order chi connectivity index (χ0) is 39.0. The molecule has 0 bridgehead atoms. The van der Waals surface area contributed by atoms with Crippen LogP contribution < -0.4 is 0 Å². The Balaban J connectivity index is 1.14. The van der Waals surface area contributed by atoms with E-state index < -0.39 is 0 Å². The average Bonchev–Trinajstić information content (AvgIpc) is 3.68. The van der Waals surface area contributed by atoms with Crippen molar-refractivity contribution in [2.24, 2.45) is 9.98 Å². The van der Waals surface area contributed by atoms with Gasteiger partial charge in [-0.25, -0.2) is 20.0 Å². The van der Waals surface area contributed by atoms with Crippen LogP contribution in [0.2, 0.25) is 0 Å².